The number of likely N-dealkylation sites (tertiary alicyclic amines) is 1. The Hall–Kier alpha value is -3.07. The number of ether oxygens (including phenoxy) is 1. The maximum Gasteiger partial charge on any atom is 0.311 e. The first kappa shape index (κ1) is 29.0. The van der Waals surface area contributed by atoms with E-state index >= 15 is 0 Å². The van der Waals surface area contributed by atoms with Gasteiger partial charge in [-0.2, -0.15) is 0 Å². The number of thioether (sulfide) groups is 1. The minimum Gasteiger partial charge on any atom is -0.465 e. The van der Waals surface area contributed by atoms with Crippen molar-refractivity contribution in [2.24, 2.45) is 11.8 Å². The molecule has 2 fully saturated rings. The molecule has 220 valence electrons. The number of para-hydroxylation sites is 1. The van der Waals surface area contributed by atoms with Crippen LogP contribution in [0, 0.1) is 11.8 Å². The molecule has 4 aliphatic rings. The van der Waals surface area contributed by atoms with Crippen LogP contribution in [0.3, 0.4) is 0 Å². The van der Waals surface area contributed by atoms with Gasteiger partial charge < -0.3 is 19.6 Å². The van der Waals surface area contributed by atoms with Crippen molar-refractivity contribution in [3.05, 3.63) is 89.5 Å². The lowest BCUT2D eigenvalue weighted by atomic mass is 9.74. The Kier molecular flexibility index (Phi) is 7.98. The molecule has 9 heteroatoms. The zero-order valence-electron chi connectivity index (χ0n) is 23.5. The summed E-state index contributed by atoms with van der Waals surface area (Å²) in [5.41, 5.74) is 1.49. The predicted molar refractivity (Wildman–Crippen MR) is 164 cm³/mol. The molecule has 1 N–H and O–H groups in total. The molecule has 6 rings (SSSR count). The third-order valence-electron chi connectivity index (χ3n) is 9.00. The van der Waals surface area contributed by atoms with Crippen molar-refractivity contribution in [1.29, 1.82) is 0 Å². The number of aliphatic hydroxyl groups excluding tert-OH is 1. The van der Waals surface area contributed by atoms with E-state index in [0.29, 0.717) is 23.7 Å². The molecule has 2 saturated heterocycles. The third kappa shape index (κ3) is 4.77. The van der Waals surface area contributed by atoms with Gasteiger partial charge in [0.25, 0.3) is 5.91 Å². The summed E-state index contributed by atoms with van der Waals surface area (Å²) in [4.78, 5) is 46.5. The lowest BCUT2D eigenvalue weighted by Gasteiger charge is -2.40. The Morgan fingerprint density at radius 3 is 2.52 bits per heavy atom. The van der Waals surface area contributed by atoms with Crippen LogP contribution in [0.15, 0.2) is 78.9 Å². The Balaban J connectivity index is 1.51. The number of esters is 1. The molecule has 2 aromatic carbocycles. The van der Waals surface area contributed by atoms with Gasteiger partial charge >= 0.3 is 5.97 Å². The highest BCUT2D eigenvalue weighted by atomic mass is 35.5. The summed E-state index contributed by atoms with van der Waals surface area (Å²) in [6, 6.07) is 15.1. The second kappa shape index (κ2) is 11.5. The van der Waals surface area contributed by atoms with Crippen LogP contribution in [0.5, 0.6) is 0 Å². The number of cyclic esters (lactones) is 1. The van der Waals surface area contributed by atoms with Crippen molar-refractivity contribution in [3.63, 3.8) is 0 Å². The summed E-state index contributed by atoms with van der Waals surface area (Å²) in [6.45, 7) is 2.21. The third-order valence-corrected chi connectivity index (χ3v) is 11.1. The molecule has 0 saturated carbocycles. The minimum absolute atomic E-state index is 0.264. The number of hydrogen-bond acceptors (Lipinski definition) is 6. The van der Waals surface area contributed by atoms with Gasteiger partial charge in [-0.05, 0) is 50.3 Å². The topological polar surface area (TPSA) is 87.1 Å². The van der Waals surface area contributed by atoms with E-state index in [4.69, 9.17) is 16.3 Å². The number of allylic oxidation sites excluding steroid dienone is 1. The lowest BCUT2D eigenvalue weighted by Crippen LogP contribution is -2.57. The van der Waals surface area contributed by atoms with Crippen molar-refractivity contribution in [2.45, 2.75) is 54.2 Å². The molecule has 1 spiro atoms. The molecule has 4 heterocycles. The number of carbonyl (C=O) groups is 3. The Morgan fingerprint density at radius 2 is 1.76 bits per heavy atom. The minimum atomic E-state index is -1.05. The van der Waals surface area contributed by atoms with Gasteiger partial charge in [-0.3, -0.25) is 14.4 Å². The normalized spacial score (nSPS) is 32.5. The van der Waals surface area contributed by atoms with Gasteiger partial charge in [0.1, 0.15) is 6.04 Å². The average Bonchev–Trinajstić information content (AvgIpc) is 3.32. The number of amides is 2. The van der Waals surface area contributed by atoms with E-state index in [0.717, 1.165) is 24.8 Å². The second-order valence-corrected chi connectivity index (χ2v) is 13.8. The van der Waals surface area contributed by atoms with Crippen molar-refractivity contribution < 1.29 is 24.2 Å². The number of aliphatic hydroxyl groups is 1. The van der Waals surface area contributed by atoms with E-state index in [2.05, 4.69) is 6.08 Å². The largest absolute Gasteiger partial charge is 0.465 e. The summed E-state index contributed by atoms with van der Waals surface area (Å²) in [6.07, 6.45) is 10.9. The maximum atomic E-state index is 14.8. The molecule has 2 amide bonds. The molecule has 0 bridgehead atoms. The number of carbonyl (C=O) groups excluding carboxylic acids is 3. The zero-order valence-corrected chi connectivity index (χ0v) is 25.1. The van der Waals surface area contributed by atoms with E-state index in [9.17, 15) is 19.5 Å². The molecule has 7 nitrogen and oxygen atoms in total. The number of rotatable bonds is 5. The summed E-state index contributed by atoms with van der Waals surface area (Å²) in [5, 5.41) is 11.1. The lowest BCUT2D eigenvalue weighted by molar-refractivity contribution is -0.154. The van der Waals surface area contributed by atoms with Crippen molar-refractivity contribution >= 4 is 46.8 Å². The van der Waals surface area contributed by atoms with Crippen molar-refractivity contribution in [1.82, 2.24) is 4.90 Å². The van der Waals surface area contributed by atoms with Crippen LogP contribution < -0.4 is 4.90 Å². The predicted octanol–water partition coefficient (Wildman–Crippen LogP) is 4.82. The Labute approximate surface area is 255 Å². The molecule has 1 unspecified atom stereocenters. The van der Waals surface area contributed by atoms with E-state index in [-0.39, 0.29) is 25.0 Å². The smallest absolute Gasteiger partial charge is 0.311 e. The van der Waals surface area contributed by atoms with Crippen LogP contribution in [0.25, 0.3) is 0 Å². The van der Waals surface area contributed by atoms with Crippen molar-refractivity contribution in [2.75, 3.05) is 24.7 Å². The van der Waals surface area contributed by atoms with Crippen LogP contribution in [-0.2, 0) is 25.5 Å². The Morgan fingerprint density at radius 1 is 1.00 bits per heavy atom. The van der Waals surface area contributed by atoms with Gasteiger partial charge in [0.05, 0.1) is 46.5 Å². The SMILES string of the molecule is C[C@@]12/C=C\CCCCOC(=O)[C@@H]1[C@H]1C(=O)N([C@@H](CO)Cc3ccccc3)C3C(=O)N(c4ccccc4Cl)CC=C[C@@]31S2. The fraction of sp³-hybridized carbons (Fsp3) is 0.424. The molecule has 2 aromatic rings. The molecule has 4 aliphatic heterocycles. The molecule has 0 aromatic heterocycles. The first-order valence-corrected chi connectivity index (χ1v) is 15.8. The van der Waals surface area contributed by atoms with E-state index in [1.165, 1.54) is 11.8 Å². The summed E-state index contributed by atoms with van der Waals surface area (Å²) < 4.78 is 3.95. The molecule has 0 aliphatic carbocycles. The van der Waals surface area contributed by atoms with E-state index in [1.807, 2.05) is 67.6 Å². The van der Waals surface area contributed by atoms with Crippen LogP contribution in [0.1, 0.15) is 31.7 Å². The van der Waals surface area contributed by atoms with Gasteiger partial charge in [0.2, 0.25) is 5.91 Å². The van der Waals surface area contributed by atoms with E-state index < -0.39 is 39.4 Å². The maximum absolute atomic E-state index is 14.8. The number of halogens is 1. The van der Waals surface area contributed by atoms with Gasteiger partial charge in [0, 0.05) is 11.3 Å². The molecule has 42 heavy (non-hydrogen) atoms. The molecular weight excluding hydrogens is 572 g/mol. The highest BCUT2D eigenvalue weighted by molar-refractivity contribution is 8.02. The monoisotopic (exact) mass is 606 g/mol. The van der Waals surface area contributed by atoms with Gasteiger partial charge in [0.15, 0.2) is 0 Å². The fourth-order valence-corrected chi connectivity index (χ4v) is 9.53. The summed E-state index contributed by atoms with van der Waals surface area (Å²) in [7, 11) is 0. The van der Waals surface area contributed by atoms with Gasteiger partial charge in [-0.25, -0.2) is 0 Å². The first-order chi connectivity index (χ1) is 20.3. The number of anilines is 1. The number of fused-ring (bicyclic) bond motifs is 2. The number of benzene rings is 2. The molecular formula is C33H35ClN2O5S. The Bertz CT molecular complexity index is 1430. The van der Waals surface area contributed by atoms with Crippen LogP contribution in [0.2, 0.25) is 5.02 Å². The summed E-state index contributed by atoms with van der Waals surface area (Å²) >= 11 is 8.09. The van der Waals surface area contributed by atoms with E-state index in [1.54, 1.807) is 21.9 Å². The van der Waals surface area contributed by atoms with Crippen molar-refractivity contribution in [3.8, 4) is 0 Å². The first-order valence-electron chi connectivity index (χ1n) is 14.6. The fourth-order valence-electron chi connectivity index (χ4n) is 7.15. The van der Waals surface area contributed by atoms with Crippen LogP contribution in [-0.4, -0.2) is 69.1 Å². The summed E-state index contributed by atoms with van der Waals surface area (Å²) in [5.74, 6) is -2.64. The molecule has 6 atom stereocenters. The second-order valence-electron chi connectivity index (χ2n) is 11.6. The standard InChI is InChI=1S/C33H35ClN2O5S/c1-32-16-9-2-3-10-19-41-31(40)27(32)26-29(38)36(23(21-37)20-22-12-5-4-6-13-22)28-30(39)35(18-11-17-33(26,28)42-32)25-15-8-7-14-24(25)34/h4-9,11-17,23,26-28,37H,2-3,10,18-21H2,1H3/b16-9-/t23-,26+,27+,28?,32-,33+/m1/s1. The van der Waals surface area contributed by atoms with Crippen LogP contribution >= 0.6 is 23.4 Å². The zero-order chi connectivity index (χ0) is 29.5. The molecule has 0 radical (unpaired) electrons. The average molecular weight is 607 g/mol. The number of nitrogens with zero attached hydrogens (tertiary/aromatic N) is 2. The highest BCUT2D eigenvalue weighted by Gasteiger charge is 2.74. The quantitative estimate of drug-likeness (QED) is 0.388. The number of hydrogen-bond donors (Lipinski definition) is 1. The van der Waals surface area contributed by atoms with Crippen LogP contribution in [0.4, 0.5) is 5.69 Å². The highest BCUT2D eigenvalue weighted by Crippen LogP contribution is 2.65. The van der Waals surface area contributed by atoms with Gasteiger partial charge in [-0.15, -0.1) is 11.8 Å². The van der Waals surface area contributed by atoms with Gasteiger partial charge in [-0.1, -0.05) is 78.4 Å².